The Balaban J connectivity index is 1.73. The predicted molar refractivity (Wildman–Crippen MR) is 128 cm³/mol. The molecule has 0 fully saturated rings. The van der Waals surface area contributed by atoms with E-state index in [0.717, 1.165) is 15.9 Å². The monoisotopic (exact) mass is 486 g/mol. The van der Waals surface area contributed by atoms with Gasteiger partial charge in [0.25, 0.3) is 10.0 Å². The summed E-state index contributed by atoms with van der Waals surface area (Å²) in [6.07, 6.45) is 0. The Labute approximate surface area is 199 Å². The van der Waals surface area contributed by atoms with Crippen LogP contribution in [0.5, 0.6) is 11.5 Å². The van der Waals surface area contributed by atoms with Crippen LogP contribution in [0, 0.1) is 12.7 Å². The Kier molecular flexibility index (Phi) is 8.12. The average molecular weight is 487 g/mol. The average Bonchev–Trinajstić information content (AvgIpc) is 2.82. The maximum Gasteiger partial charge on any atom is 0.264 e. The van der Waals surface area contributed by atoms with Crippen molar-refractivity contribution in [2.45, 2.75) is 24.8 Å². The minimum atomic E-state index is -4.20. The topological polar surface area (TPSA) is 84.9 Å². The molecule has 0 saturated heterocycles. The van der Waals surface area contributed by atoms with E-state index in [-0.39, 0.29) is 17.2 Å². The molecule has 1 amide bonds. The highest BCUT2D eigenvalue weighted by Gasteiger charge is 2.29. The number of carbonyl (C=O) groups is 1. The van der Waals surface area contributed by atoms with Crippen LogP contribution in [0.3, 0.4) is 0 Å². The van der Waals surface area contributed by atoms with E-state index in [2.05, 4.69) is 5.32 Å². The number of benzene rings is 3. The lowest BCUT2D eigenvalue weighted by molar-refractivity contribution is -0.120. The Morgan fingerprint density at radius 2 is 1.62 bits per heavy atom. The van der Waals surface area contributed by atoms with Gasteiger partial charge in [-0.2, -0.15) is 0 Å². The van der Waals surface area contributed by atoms with Gasteiger partial charge in [0, 0.05) is 0 Å². The van der Waals surface area contributed by atoms with Crippen molar-refractivity contribution in [1.29, 1.82) is 0 Å². The van der Waals surface area contributed by atoms with Gasteiger partial charge in [-0.1, -0.05) is 29.8 Å². The first kappa shape index (κ1) is 25.0. The summed E-state index contributed by atoms with van der Waals surface area (Å²) in [6, 6.07) is 18.1. The Bertz CT molecular complexity index is 1210. The van der Waals surface area contributed by atoms with Crippen LogP contribution in [0.1, 0.15) is 12.5 Å². The number of amides is 1. The fourth-order valence-corrected chi connectivity index (χ4v) is 4.61. The van der Waals surface area contributed by atoms with Gasteiger partial charge in [0.1, 0.15) is 30.5 Å². The number of hydrogen-bond donors (Lipinski definition) is 1. The lowest BCUT2D eigenvalue weighted by Crippen LogP contribution is -2.45. The van der Waals surface area contributed by atoms with Crippen molar-refractivity contribution < 1.29 is 27.1 Å². The maximum atomic E-state index is 14.6. The number of halogens is 1. The molecule has 3 rings (SSSR count). The summed E-state index contributed by atoms with van der Waals surface area (Å²) >= 11 is 0. The number of anilines is 1. The van der Waals surface area contributed by atoms with Crippen molar-refractivity contribution in [2.24, 2.45) is 0 Å². The number of carbonyl (C=O) groups excluding carboxylic acids is 1. The molecule has 7 nitrogen and oxygen atoms in total. The van der Waals surface area contributed by atoms with Crippen LogP contribution in [0.15, 0.2) is 77.7 Å². The van der Waals surface area contributed by atoms with E-state index in [4.69, 9.17) is 9.47 Å². The molecule has 34 heavy (non-hydrogen) atoms. The van der Waals surface area contributed by atoms with Crippen molar-refractivity contribution in [1.82, 2.24) is 5.32 Å². The molecule has 0 spiro atoms. The fraction of sp³-hybridized carbons (Fsp3) is 0.240. The number of methoxy groups -OCH3 is 1. The summed E-state index contributed by atoms with van der Waals surface area (Å²) in [4.78, 5) is 12.7. The normalized spacial score (nSPS) is 12.0. The van der Waals surface area contributed by atoms with E-state index in [9.17, 15) is 17.6 Å². The molecule has 1 unspecified atom stereocenters. The smallest absolute Gasteiger partial charge is 0.264 e. The number of sulfonamides is 1. The zero-order valence-electron chi connectivity index (χ0n) is 19.2. The quantitative estimate of drug-likeness (QED) is 0.470. The summed E-state index contributed by atoms with van der Waals surface area (Å²) in [5.74, 6) is -0.0554. The van der Waals surface area contributed by atoms with Gasteiger partial charge in [0.15, 0.2) is 0 Å². The molecular weight excluding hydrogens is 459 g/mol. The van der Waals surface area contributed by atoms with Crippen molar-refractivity contribution in [2.75, 3.05) is 24.6 Å². The van der Waals surface area contributed by atoms with Crippen molar-refractivity contribution in [3.63, 3.8) is 0 Å². The lowest BCUT2D eigenvalue weighted by Gasteiger charge is -2.25. The molecule has 1 N–H and O–H groups in total. The summed E-state index contributed by atoms with van der Waals surface area (Å²) in [5.41, 5.74) is 0.667. The molecule has 0 heterocycles. The van der Waals surface area contributed by atoms with E-state index in [1.165, 1.54) is 30.3 Å². The van der Waals surface area contributed by atoms with Gasteiger partial charge in [-0.3, -0.25) is 9.10 Å². The van der Waals surface area contributed by atoms with Gasteiger partial charge < -0.3 is 14.8 Å². The maximum absolute atomic E-state index is 14.6. The Morgan fingerprint density at radius 1 is 1.00 bits per heavy atom. The third-order valence-electron chi connectivity index (χ3n) is 4.98. The Hall–Kier alpha value is -3.59. The van der Waals surface area contributed by atoms with E-state index < -0.39 is 34.3 Å². The van der Waals surface area contributed by atoms with Crippen LogP contribution in [0.2, 0.25) is 0 Å². The second-order valence-electron chi connectivity index (χ2n) is 7.73. The molecule has 180 valence electrons. The molecule has 3 aromatic carbocycles. The second kappa shape index (κ2) is 11.0. The van der Waals surface area contributed by atoms with Crippen LogP contribution >= 0.6 is 0 Å². The lowest BCUT2D eigenvalue weighted by atomic mass is 10.2. The number of aryl methyl sites for hydroxylation is 1. The molecule has 1 atom stereocenters. The third kappa shape index (κ3) is 6.26. The number of nitrogens with zero attached hydrogens (tertiary/aromatic N) is 1. The SMILES string of the molecule is COc1ccc(OCC(C)NC(=O)CN(c2ccccc2F)S(=O)(=O)c2ccc(C)cc2)cc1. The van der Waals surface area contributed by atoms with Crippen molar-refractivity contribution in [3.05, 3.63) is 84.2 Å². The zero-order valence-corrected chi connectivity index (χ0v) is 20.0. The molecule has 0 aliphatic carbocycles. The highest BCUT2D eigenvalue weighted by molar-refractivity contribution is 7.92. The number of ether oxygens (including phenoxy) is 2. The molecular formula is C25H27FN2O5S. The summed E-state index contributed by atoms with van der Waals surface area (Å²) < 4.78 is 52.7. The van der Waals surface area contributed by atoms with E-state index in [1.54, 1.807) is 50.4 Å². The molecule has 9 heteroatoms. The highest BCUT2D eigenvalue weighted by atomic mass is 32.2. The fourth-order valence-electron chi connectivity index (χ4n) is 3.18. The van der Waals surface area contributed by atoms with Gasteiger partial charge >= 0.3 is 0 Å². The van der Waals surface area contributed by atoms with E-state index in [0.29, 0.717) is 11.5 Å². The first-order valence-corrected chi connectivity index (χ1v) is 12.0. The zero-order chi connectivity index (χ0) is 24.7. The van der Waals surface area contributed by atoms with Crippen LogP contribution in [0.4, 0.5) is 10.1 Å². The van der Waals surface area contributed by atoms with Crippen LogP contribution in [-0.4, -0.2) is 40.6 Å². The summed E-state index contributed by atoms with van der Waals surface area (Å²) in [5, 5.41) is 2.71. The van der Waals surface area contributed by atoms with Crippen molar-refractivity contribution in [3.8, 4) is 11.5 Å². The molecule has 0 saturated carbocycles. The minimum Gasteiger partial charge on any atom is -0.497 e. The third-order valence-corrected chi connectivity index (χ3v) is 6.76. The number of para-hydroxylation sites is 1. The van der Waals surface area contributed by atoms with E-state index in [1.807, 2.05) is 6.92 Å². The molecule has 0 aliphatic heterocycles. The van der Waals surface area contributed by atoms with Crippen LogP contribution in [0.25, 0.3) is 0 Å². The number of rotatable bonds is 10. The molecule has 3 aromatic rings. The van der Waals surface area contributed by atoms with Crippen LogP contribution in [-0.2, 0) is 14.8 Å². The van der Waals surface area contributed by atoms with Gasteiger partial charge in [0.2, 0.25) is 5.91 Å². The van der Waals surface area contributed by atoms with Gasteiger partial charge in [-0.25, -0.2) is 12.8 Å². The molecule has 0 bridgehead atoms. The first-order chi connectivity index (χ1) is 16.2. The van der Waals surface area contributed by atoms with Gasteiger partial charge in [0.05, 0.1) is 23.7 Å². The summed E-state index contributed by atoms with van der Waals surface area (Å²) in [7, 11) is -2.63. The highest BCUT2D eigenvalue weighted by Crippen LogP contribution is 2.26. The molecule has 0 aliphatic rings. The first-order valence-electron chi connectivity index (χ1n) is 10.6. The number of nitrogens with one attached hydrogen (secondary N) is 1. The van der Waals surface area contributed by atoms with Gasteiger partial charge in [-0.05, 0) is 62.4 Å². The molecule has 0 radical (unpaired) electrons. The Morgan fingerprint density at radius 3 is 2.24 bits per heavy atom. The van der Waals surface area contributed by atoms with Gasteiger partial charge in [-0.15, -0.1) is 0 Å². The minimum absolute atomic E-state index is 0.0370. The second-order valence-corrected chi connectivity index (χ2v) is 9.59. The standard InChI is InChI=1S/C25H27FN2O5S/c1-18-8-14-22(15-9-18)34(30,31)28(24-7-5-4-6-23(24)26)16-25(29)27-19(2)17-33-21-12-10-20(32-3)11-13-21/h4-15,19H,16-17H2,1-3H3,(H,27,29). The number of hydrogen-bond acceptors (Lipinski definition) is 5. The molecule has 0 aromatic heterocycles. The predicted octanol–water partition coefficient (Wildman–Crippen LogP) is 3.92. The largest absolute Gasteiger partial charge is 0.497 e. The van der Waals surface area contributed by atoms with E-state index >= 15 is 0 Å². The summed E-state index contributed by atoms with van der Waals surface area (Å²) in [6.45, 7) is 3.11. The van der Waals surface area contributed by atoms with Crippen molar-refractivity contribution >= 4 is 21.6 Å². The van der Waals surface area contributed by atoms with Crippen LogP contribution < -0.4 is 19.1 Å².